The van der Waals surface area contributed by atoms with Crippen molar-refractivity contribution in [3.63, 3.8) is 0 Å². The number of hydrogen-bond acceptors (Lipinski definition) is 6. The van der Waals surface area contributed by atoms with E-state index in [0.717, 1.165) is 21.7 Å². The Morgan fingerprint density at radius 3 is 2.15 bits per heavy atom. The Kier molecular flexibility index (Phi) is 11.2. The third-order valence-electron chi connectivity index (χ3n) is 6.30. The van der Waals surface area contributed by atoms with E-state index >= 15 is 0 Å². The number of rotatable bonds is 14. The number of carbonyl (C=O) groups is 2. The minimum absolute atomic E-state index is 0.0694. The molecule has 0 aliphatic rings. The van der Waals surface area contributed by atoms with E-state index in [0.29, 0.717) is 23.8 Å². The topological polar surface area (TPSA) is 105 Å². The zero-order valence-corrected chi connectivity index (χ0v) is 25.1. The molecule has 3 aromatic rings. The van der Waals surface area contributed by atoms with Crippen LogP contribution in [0.15, 0.2) is 78.9 Å². The summed E-state index contributed by atoms with van der Waals surface area (Å²) in [5.74, 6) is 0.344. The van der Waals surface area contributed by atoms with Crippen molar-refractivity contribution >= 4 is 27.5 Å². The van der Waals surface area contributed by atoms with Gasteiger partial charge in [-0.3, -0.25) is 13.9 Å². The third kappa shape index (κ3) is 9.24. The van der Waals surface area contributed by atoms with Gasteiger partial charge < -0.3 is 19.7 Å². The third-order valence-corrected chi connectivity index (χ3v) is 7.44. The standard InChI is InChI=1S/C31H39N3O6S/c1-6-40-27-17-15-26(16-18-27)34(41(5,37)38)22-30(35)33(21-25-13-10-14-28(19-25)39-4)29(31(36)32-23(2)3)20-24-11-8-7-9-12-24/h7-19,23,29H,6,20-22H2,1-5H3,(H,32,36). The molecule has 0 saturated heterocycles. The Hall–Kier alpha value is -4.05. The molecule has 0 heterocycles. The number of ether oxygens (including phenoxy) is 2. The van der Waals surface area contributed by atoms with Crippen molar-refractivity contribution in [1.29, 1.82) is 0 Å². The molecule has 0 saturated carbocycles. The summed E-state index contributed by atoms with van der Waals surface area (Å²) in [6.07, 6.45) is 1.30. The molecule has 1 unspecified atom stereocenters. The predicted octanol–water partition coefficient (Wildman–Crippen LogP) is 4.02. The first kappa shape index (κ1) is 31.5. The number of amides is 2. The summed E-state index contributed by atoms with van der Waals surface area (Å²) in [7, 11) is -2.30. The zero-order chi connectivity index (χ0) is 30.0. The molecule has 2 amide bonds. The van der Waals surface area contributed by atoms with Crippen molar-refractivity contribution in [2.45, 2.75) is 45.8 Å². The van der Waals surface area contributed by atoms with Crippen molar-refractivity contribution in [3.8, 4) is 11.5 Å². The Bertz CT molecular complexity index is 1390. The largest absolute Gasteiger partial charge is 0.497 e. The van der Waals surface area contributed by atoms with E-state index in [4.69, 9.17) is 9.47 Å². The quantitative estimate of drug-likeness (QED) is 0.308. The van der Waals surface area contributed by atoms with Gasteiger partial charge in [-0.25, -0.2) is 8.42 Å². The van der Waals surface area contributed by atoms with E-state index in [1.165, 1.54) is 4.90 Å². The van der Waals surface area contributed by atoms with Gasteiger partial charge in [0.25, 0.3) is 0 Å². The number of carbonyl (C=O) groups excluding carboxylic acids is 2. The molecule has 41 heavy (non-hydrogen) atoms. The summed E-state index contributed by atoms with van der Waals surface area (Å²) < 4.78 is 37.7. The van der Waals surface area contributed by atoms with Crippen molar-refractivity contribution in [3.05, 3.63) is 90.0 Å². The number of nitrogens with zero attached hydrogens (tertiary/aromatic N) is 2. The molecule has 0 aliphatic heterocycles. The second-order valence-corrected chi connectivity index (χ2v) is 11.8. The van der Waals surface area contributed by atoms with Crippen LogP contribution in [0.4, 0.5) is 5.69 Å². The number of benzene rings is 3. The van der Waals surface area contributed by atoms with Crippen LogP contribution in [0.25, 0.3) is 0 Å². The average molecular weight is 582 g/mol. The fourth-order valence-corrected chi connectivity index (χ4v) is 5.24. The van der Waals surface area contributed by atoms with Gasteiger partial charge in [-0.15, -0.1) is 0 Å². The van der Waals surface area contributed by atoms with Crippen LogP contribution in [0.1, 0.15) is 31.9 Å². The first-order valence-corrected chi connectivity index (χ1v) is 15.3. The lowest BCUT2D eigenvalue weighted by Gasteiger charge is -2.34. The molecular formula is C31H39N3O6S. The van der Waals surface area contributed by atoms with Gasteiger partial charge in [-0.2, -0.15) is 0 Å². The molecule has 0 fully saturated rings. The Labute approximate surface area is 243 Å². The lowest BCUT2D eigenvalue weighted by Crippen LogP contribution is -2.54. The second-order valence-electron chi connectivity index (χ2n) is 9.94. The van der Waals surface area contributed by atoms with Gasteiger partial charge in [-0.05, 0) is 68.3 Å². The second kappa shape index (κ2) is 14.5. The maximum absolute atomic E-state index is 14.1. The number of methoxy groups -OCH3 is 1. The van der Waals surface area contributed by atoms with Gasteiger partial charge >= 0.3 is 0 Å². The van der Waals surface area contributed by atoms with Crippen LogP contribution in [0.2, 0.25) is 0 Å². The van der Waals surface area contributed by atoms with Gasteiger partial charge in [0, 0.05) is 19.0 Å². The van der Waals surface area contributed by atoms with E-state index in [9.17, 15) is 18.0 Å². The molecule has 10 heteroatoms. The highest BCUT2D eigenvalue weighted by atomic mass is 32.2. The van der Waals surface area contributed by atoms with Crippen LogP contribution in [-0.2, 0) is 32.6 Å². The van der Waals surface area contributed by atoms with Crippen molar-refractivity contribution in [2.24, 2.45) is 0 Å². The minimum atomic E-state index is -3.85. The monoisotopic (exact) mass is 581 g/mol. The van der Waals surface area contributed by atoms with Crippen LogP contribution >= 0.6 is 0 Å². The zero-order valence-electron chi connectivity index (χ0n) is 24.2. The van der Waals surface area contributed by atoms with Crippen LogP contribution in [0.3, 0.4) is 0 Å². The van der Waals surface area contributed by atoms with Crippen LogP contribution < -0.4 is 19.1 Å². The first-order chi connectivity index (χ1) is 19.5. The van der Waals surface area contributed by atoms with E-state index in [1.54, 1.807) is 49.6 Å². The Morgan fingerprint density at radius 2 is 1.56 bits per heavy atom. The number of nitrogens with one attached hydrogen (secondary N) is 1. The fraction of sp³-hybridized carbons (Fsp3) is 0.355. The van der Waals surface area contributed by atoms with E-state index in [2.05, 4.69) is 5.32 Å². The molecule has 3 aromatic carbocycles. The lowest BCUT2D eigenvalue weighted by molar-refractivity contribution is -0.140. The normalized spacial score (nSPS) is 12.0. The molecule has 9 nitrogen and oxygen atoms in total. The van der Waals surface area contributed by atoms with Gasteiger partial charge in [0.1, 0.15) is 24.1 Å². The molecule has 3 rings (SSSR count). The first-order valence-electron chi connectivity index (χ1n) is 13.5. The highest BCUT2D eigenvalue weighted by molar-refractivity contribution is 7.92. The smallest absolute Gasteiger partial charge is 0.244 e. The molecule has 0 bridgehead atoms. The predicted molar refractivity (Wildman–Crippen MR) is 161 cm³/mol. The number of anilines is 1. The number of hydrogen-bond donors (Lipinski definition) is 1. The molecule has 220 valence electrons. The maximum Gasteiger partial charge on any atom is 0.244 e. The van der Waals surface area contributed by atoms with E-state index in [-0.39, 0.29) is 24.9 Å². The highest BCUT2D eigenvalue weighted by Gasteiger charge is 2.33. The fourth-order valence-electron chi connectivity index (χ4n) is 4.39. The van der Waals surface area contributed by atoms with E-state index in [1.807, 2.05) is 57.2 Å². The van der Waals surface area contributed by atoms with Crippen LogP contribution in [0, 0.1) is 0 Å². The maximum atomic E-state index is 14.1. The van der Waals surface area contributed by atoms with Gasteiger partial charge in [0.2, 0.25) is 21.8 Å². The molecule has 0 radical (unpaired) electrons. The van der Waals surface area contributed by atoms with Crippen molar-refractivity contribution in [2.75, 3.05) is 30.8 Å². The summed E-state index contributed by atoms with van der Waals surface area (Å²) in [5.41, 5.74) is 1.92. The Balaban J connectivity index is 2.04. The minimum Gasteiger partial charge on any atom is -0.497 e. The molecule has 0 aromatic heterocycles. The Morgan fingerprint density at radius 1 is 0.902 bits per heavy atom. The van der Waals surface area contributed by atoms with E-state index < -0.39 is 28.5 Å². The molecular weight excluding hydrogens is 542 g/mol. The molecule has 0 aliphatic carbocycles. The van der Waals surface area contributed by atoms with Crippen molar-refractivity contribution in [1.82, 2.24) is 10.2 Å². The highest BCUT2D eigenvalue weighted by Crippen LogP contribution is 2.24. The lowest BCUT2D eigenvalue weighted by atomic mass is 10.0. The molecule has 1 N–H and O–H groups in total. The summed E-state index contributed by atoms with van der Waals surface area (Å²) in [5, 5.41) is 2.94. The molecule has 1 atom stereocenters. The average Bonchev–Trinajstić information content (AvgIpc) is 2.94. The molecule has 0 spiro atoms. The van der Waals surface area contributed by atoms with Crippen molar-refractivity contribution < 1.29 is 27.5 Å². The SMILES string of the molecule is CCOc1ccc(N(CC(=O)N(Cc2cccc(OC)c2)C(Cc2ccccc2)C(=O)NC(C)C)S(C)(=O)=O)cc1. The van der Waals surface area contributed by atoms with Gasteiger partial charge in [0.15, 0.2) is 0 Å². The number of sulfonamides is 1. The van der Waals surface area contributed by atoms with Crippen LogP contribution in [-0.4, -0.2) is 63.7 Å². The summed E-state index contributed by atoms with van der Waals surface area (Å²) >= 11 is 0. The van der Waals surface area contributed by atoms with Gasteiger partial charge in [-0.1, -0.05) is 42.5 Å². The summed E-state index contributed by atoms with van der Waals surface area (Å²) in [4.78, 5) is 29.2. The summed E-state index contributed by atoms with van der Waals surface area (Å²) in [6.45, 7) is 5.60. The van der Waals surface area contributed by atoms with Crippen LogP contribution in [0.5, 0.6) is 11.5 Å². The summed E-state index contributed by atoms with van der Waals surface area (Å²) in [6, 6.07) is 22.1. The van der Waals surface area contributed by atoms with Gasteiger partial charge in [0.05, 0.1) is 25.7 Å².